The van der Waals surface area contributed by atoms with Crippen LogP contribution >= 0.6 is 0 Å². The first-order valence-corrected chi connectivity index (χ1v) is 29.6. The van der Waals surface area contributed by atoms with E-state index in [-0.39, 0.29) is 16.4 Å². The molecule has 0 spiro atoms. The number of para-hydroxylation sites is 4. The molecule has 0 bridgehead atoms. The maximum absolute atomic E-state index is 9.00. The van der Waals surface area contributed by atoms with Crippen molar-refractivity contribution in [3.63, 3.8) is 0 Å². The molecule has 10 aromatic carbocycles. The van der Waals surface area contributed by atoms with E-state index in [9.17, 15) is 0 Å². The van der Waals surface area contributed by atoms with Gasteiger partial charge in [0.15, 0.2) is 0 Å². The first kappa shape index (κ1) is 47.5. The molecule has 0 radical (unpaired) electrons. The summed E-state index contributed by atoms with van der Waals surface area (Å²) in [6, 6.07) is 77.4. The summed E-state index contributed by atoms with van der Waals surface area (Å²) in [5.41, 5.74) is 18.7. The third kappa shape index (κ3) is 8.16. The summed E-state index contributed by atoms with van der Waals surface area (Å²) >= 11 is 2.52. The number of aryl methyl sites for hydroxylation is 2. The van der Waals surface area contributed by atoms with Crippen LogP contribution in [0.5, 0.6) is 11.5 Å². The number of imidazole rings is 1. The molecule has 5 aromatic heterocycles. The van der Waals surface area contributed by atoms with E-state index in [1.807, 2.05) is 12.1 Å². The van der Waals surface area contributed by atoms with Gasteiger partial charge >= 0.3 is 326 Å². The predicted octanol–water partition coefficient (Wildman–Crippen LogP) is 20.1. The average Bonchev–Trinajstić information content (AvgIpc) is 1.54. The zero-order valence-electron chi connectivity index (χ0n) is 50.3. The Hall–Kier alpha value is -9.09. The van der Waals surface area contributed by atoms with Crippen LogP contribution in [0, 0.1) is 17.6 Å². The normalized spacial score (nSPS) is 13.1. The van der Waals surface area contributed by atoms with E-state index in [1.165, 1.54) is 32.8 Å². The van der Waals surface area contributed by atoms with E-state index in [0.717, 1.165) is 97.8 Å². The molecular weight excluding hydrogens is 1190 g/mol. The van der Waals surface area contributed by atoms with Crippen molar-refractivity contribution in [2.45, 2.75) is 66.1 Å². The monoisotopic (exact) mass is 1260 g/mol. The van der Waals surface area contributed by atoms with Crippen LogP contribution in [0.1, 0.15) is 67.9 Å². The summed E-state index contributed by atoms with van der Waals surface area (Å²) in [6.45, 7) is 13.0. The zero-order valence-corrected chi connectivity index (χ0v) is 49.6. The molecule has 7 heteroatoms. The molecule has 0 unspecified atom stereocenters. The van der Waals surface area contributed by atoms with E-state index in [4.69, 9.17) is 13.8 Å². The van der Waals surface area contributed by atoms with Crippen LogP contribution in [-0.4, -0.2) is 23.1 Å². The van der Waals surface area contributed by atoms with Crippen molar-refractivity contribution in [2.24, 2.45) is 0 Å². The Labute approximate surface area is 498 Å². The molecule has 0 fully saturated rings. The van der Waals surface area contributed by atoms with E-state index in [1.54, 1.807) is 12.3 Å². The first-order chi connectivity index (χ1) is 41.4. The fourth-order valence-electron chi connectivity index (χ4n) is 12.7. The molecule has 0 aliphatic carbocycles. The number of hydrogen-bond donors (Lipinski definition) is 0. The molecule has 15 rings (SSSR count). The minimum Gasteiger partial charge on any atom is -0.0579 e. The van der Waals surface area contributed by atoms with E-state index in [2.05, 4.69) is 286 Å². The van der Waals surface area contributed by atoms with Gasteiger partial charge in [-0.15, -0.1) is 0 Å². The molecule has 0 aliphatic heterocycles. The molecule has 0 N–H and O–H groups in total. The summed E-state index contributed by atoms with van der Waals surface area (Å²) in [5.74, 6) is 1.84. The van der Waals surface area contributed by atoms with Crippen LogP contribution < -0.4 is 4.74 Å². The Morgan fingerprint density at radius 2 is 1.01 bits per heavy atom. The predicted molar refractivity (Wildman–Crippen MR) is 342 cm³/mol. The molecule has 406 valence electrons. The maximum atomic E-state index is 9.00. The second-order valence-electron chi connectivity index (χ2n) is 24.2. The number of aromatic nitrogens is 5. The Kier molecular flexibility index (Phi) is 10.9. The average molecular weight is 1260 g/mol. The van der Waals surface area contributed by atoms with Crippen molar-refractivity contribution in [1.82, 2.24) is 23.1 Å². The fraction of sp³-hybridized carbons (Fsp3) is 0.132. The van der Waals surface area contributed by atoms with Gasteiger partial charge in [-0.25, -0.2) is 0 Å². The number of ether oxygens (including phenoxy) is 1. The van der Waals surface area contributed by atoms with Gasteiger partial charge in [0.1, 0.15) is 0 Å². The quantitative estimate of drug-likeness (QED) is 0.152. The van der Waals surface area contributed by atoms with Crippen LogP contribution in [0.2, 0.25) is 0 Å². The summed E-state index contributed by atoms with van der Waals surface area (Å²) in [6.07, 6.45) is 1.74. The van der Waals surface area contributed by atoms with Gasteiger partial charge in [0.2, 0.25) is 0 Å². The Balaban J connectivity index is 0.916. The summed E-state index contributed by atoms with van der Waals surface area (Å²) in [5, 5.41) is 6.75. The van der Waals surface area contributed by atoms with Gasteiger partial charge < -0.3 is 4.40 Å². The van der Waals surface area contributed by atoms with Crippen LogP contribution in [0.4, 0.5) is 0 Å². The van der Waals surface area contributed by atoms with Gasteiger partial charge in [0.05, 0.1) is 16.6 Å². The number of hydrogen-bond acceptors (Lipinski definition) is 2. The van der Waals surface area contributed by atoms with Crippen LogP contribution in [-0.2, 0) is 30.2 Å². The number of fused-ring (bicyclic) bond motifs is 10. The van der Waals surface area contributed by atoms with Gasteiger partial charge in [0.25, 0.3) is 0 Å². The third-order valence-electron chi connectivity index (χ3n) is 17.0. The minimum atomic E-state index is -2.45. The number of rotatable bonds is 8. The summed E-state index contributed by atoms with van der Waals surface area (Å²) < 4.78 is 44.4. The molecule has 6 nitrogen and oxygen atoms in total. The van der Waals surface area contributed by atoms with Crippen LogP contribution in [0.3, 0.4) is 0 Å². The molecule has 0 atom stereocenters. The van der Waals surface area contributed by atoms with Gasteiger partial charge in [-0.2, -0.15) is 0 Å². The molecule has 0 saturated heterocycles. The number of pyridine rings is 1. The standard InChI is InChI=1S/C76H61N5O.Pt/c1-47-30-35-54(78-46-79(67-29-18-17-28-66(67)78)73-60(49-20-11-9-12-21-49)39-53(76(6,7)8)40-61(73)50-22-13-10-14-23-50)41-71(47)82-55-36-37-57-62-43-63-59-26-19-25-58-56-24-15-16-27-65(56)81(74(58)59)70(63)44-69(62)80(68(57)42-55)72-38-48(2)64(45-77-72)51-31-33-52(34-32-51)75(3,4)5;/h9-45H,1-8H3;/i2D3;. The smallest absolute Gasteiger partial charge is 0.0579 e. The first-order valence-electron chi connectivity index (χ1n) is 29.9. The second kappa shape index (κ2) is 19.0. The van der Waals surface area contributed by atoms with Crippen LogP contribution in [0.15, 0.2) is 225 Å². The Morgan fingerprint density at radius 1 is 0.434 bits per heavy atom. The molecule has 0 saturated carbocycles. The van der Waals surface area contributed by atoms with Crippen molar-refractivity contribution < 1.29 is 28.2 Å². The molecule has 0 aliphatic rings. The van der Waals surface area contributed by atoms with Gasteiger partial charge in [-0.1, -0.05) is 81.4 Å². The number of benzene rings is 10. The summed E-state index contributed by atoms with van der Waals surface area (Å²) in [7, 11) is 0. The minimum absolute atomic E-state index is 0.0605. The van der Waals surface area contributed by atoms with E-state index < -0.39 is 6.85 Å². The van der Waals surface area contributed by atoms with Crippen LogP contribution in [0.25, 0.3) is 122 Å². The molecule has 15 aromatic rings. The zero-order chi connectivity index (χ0) is 59.1. The molecule has 5 heterocycles. The van der Waals surface area contributed by atoms with E-state index in [0.29, 0.717) is 22.9 Å². The molecule has 83 heavy (non-hydrogen) atoms. The molecular formula is C76H61N5OPt. The Morgan fingerprint density at radius 3 is 1.69 bits per heavy atom. The van der Waals surface area contributed by atoms with Crippen molar-refractivity contribution in [3.8, 4) is 62.1 Å². The van der Waals surface area contributed by atoms with Crippen molar-refractivity contribution >= 4 is 70.9 Å². The number of nitrogens with zero attached hydrogens (tertiary/aromatic N) is 5. The van der Waals surface area contributed by atoms with Crippen molar-refractivity contribution in [3.05, 3.63) is 251 Å². The van der Waals surface area contributed by atoms with Gasteiger partial charge in [-0.3, -0.25) is 0 Å². The van der Waals surface area contributed by atoms with Gasteiger partial charge in [0, 0.05) is 37.4 Å². The van der Waals surface area contributed by atoms with E-state index >= 15 is 0 Å². The van der Waals surface area contributed by atoms with Crippen molar-refractivity contribution in [1.29, 1.82) is 0 Å². The van der Waals surface area contributed by atoms with Crippen molar-refractivity contribution in [2.75, 3.05) is 0 Å². The topological polar surface area (TPSA) is 41.3 Å². The van der Waals surface area contributed by atoms with Gasteiger partial charge in [-0.05, 0) is 35.0 Å². The Bertz CT molecular complexity index is 5230. The third-order valence-corrected chi connectivity index (χ3v) is 18.0. The fourth-order valence-corrected chi connectivity index (χ4v) is 13.8. The second-order valence-corrected chi connectivity index (χ2v) is 25.2. The molecule has 0 amide bonds. The summed E-state index contributed by atoms with van der Waals surface area (Å²) in [4.78, 5) is 5.20. The SMILES string of the molecule is [2H]C([2H])([2H])c1cc(-n2c3cc(Oc4cc(-n5[c](=[Pt])n(-c6c(-c7ccccc7)cc(C(C)(C)C)cc6-c6ccccc6)c6ccccc65)ccc4C)ccc3c3cc4c5cccc6c7ccccc7n(c4cc32)c65)ncc1-c1ccc(C(C)(C)C)cc1.